The summed E-state index contributed by atoms with van der Waals surface area (Å²) in [5.41, 5.74) is -2.16. The Labute approximate surface area is 131 Å². The number of nitrogens with one attached hydrogen (secondary N) is 1. The van der Waals surface area contributed by atoms with E-state index in [0.717, 1.165) is 18.2 Å². The van der Waals surface area contributed by atoms with E-state index in [-0.39, 0.29) is 0 Å². The van der Waals surface area contributed by atoms with E-state index in [2.05, 4.69) is 0 Å². The number of benzene rings is 1. The van der Waals surface area contributed by atoms with Crippen LogP contribution in [0, 0.1) is 5.41 Å². The largest absolute Gasteiger partial charge is 0.302 e. The van der Waals surface area contributed by atoms with Crippen molar-refractivity contribution >= 4 is 42.1 Å². The molecule has 0 aromatic heterocycles. The lowest BCUT2D eigenvalue weighted by atomic mass is 9.95. The fraction of sp³-hybridized carbons (Fsp3) is 0.100. The zero-order valence-electron chi connectivity index (χ0n) is 10.9. The number of hydrogen-bond acceptors (Lipinski definition) is 7. The van der Waals surface area contributed by atoms with Crippen LogP contribution in [0.2, 0.25) is 0 Å². The third kappa shape index (κ3) is 3.19. The van der Waals surface area contributed by atoms with Crippen molar-refractivity contribution < 1.29 is 38.9 Å². The van der Waals surface area contributed by atoms with Gasteiger partial charge in [-0.3, -0.25) is 13.7 Å². The Bertz CT molecular complexity index is 1050. The highest BCUT2D eigenvalue weighted by Gasteiger charge is 2.41. The second-order valence-electron chi connectivity index (χ2n) is 4.53. The number of hydrogen-bond donors (Lipinski definition) is 4. The Hall–Kier alpha value is -1.64. The van der Waals surface area contributed by atoms with Crippen LogP contribution in [0.1, 0.15) is 16.4 Å². The molecule has 0 heterocycles. The van der Waals surface area contributed by atoms with Gasteiger partial charge < -0.3 is 5.41 Å². The average molecular weight is 383 g/mol. The van der Waals surface area contributed by atoms with Gasteiger partial charge >= 0.3 is 0 Å². The molecule has 23 heavy (non-hydrogen) atoms. The Kier molecular flexibility index (Phi) is 3.99. The topological polar surface area (TPSA) is 187 Å². The van der Waals surface area contributed by atoms with Gasteiger partial charge in [-0.25, -0.2) is 0 Å². The Morgan fingerprint density at radius 3 is 1.91 bits per heavy atom. The Morgan fingerprint density at radius 2 is 1.48 bits per heavy atom. The monoisotopic (exact) mass is 383 g/mol. The normalized spacial score (nSPS) is 19.2. The zero-order chi connectivity index (χ0) is 17.8. The molecule has 0 aliphatic heterocycles. The predicted molar refractivity (Wildman–Crippen MR) is 77.8 cm³/mol. The van der Waals surface area contributed by atoms with Crippen LogP contribution < -0.4 is 0 Å². The molecule has 1 aliphatic rings. The van der Waals surface area contributed by atoms with Gasteiger partial charge in [0.2, 0.25) is 0 Å². The van der Waals surface area contributed by atoms with Crippen molar-refractivity contribution in [2.45, 2.75) is 10.1 Å². The van der Waals surface area contributed by atoms with Crippen molar-refractivity contribution in [3.05, 3.63) is 34.2 Å². The molecular formula is C10H9NO9S3. The van der Waals surface area contributed by atoms with Crippen molar-refractivity contribution in [2.24, 2.45) is 0 Å². The summed E-state index contributed by atoms with van der Waals surface area (Å²) in [6.07, 6.45) is 0.539. The minimum absolute atomic E-state index is 0.431. The molecule has 0 spiro atoms. The Morgan fingerprint density at radius 1 is 0.913 bits per heavy atom. The summed E-state index contributed by atoms with van der Waals surface area (Å²) < 4.78 is 95.8. The van der Waals surface area contributed by atoms with Gasteiger partial charge in [0.05, 0.1) is 5.71 Å². The lowest BCUT2D eigenvalue weighted by molar-refractivity contribution is 0.475. The molecule has 2 rings (SSSR count). The average Bonchev–Trinajstić information content (AvgIpc) is 2.32. The lowest BCUT2D eigenvalue weighted by Crippen LogP contribution is -2.29. The van der Waals surface area contributed by atoms with Gasteiger partial charge in [0.25, 0.3) is 30.4 Å². The van der Waals surface area contributed by atoms with Crippen molar-refractivity contribution in [3.8, 4) is 0 Å². The molecule has 1 aliphatic carbocycles. The molecule has 1 aromatic rings. The summed E-state index contributed by atoms with van der Waals surface area (Å²) >= 11 is 0. The van der Waals surface area contributed by atoms with Crippen molar-refractivity contribution in [3.63, 3.8) is 0 Å². The molecule has 0 saturated heterocycles. The summed E-state index contributed by atoms with van der Waals surface area (Å²) in [5, 5.41) is 5.38. The maximum atomic E-state index is 11.5. The smallest absolute Gasteiger partial charge is 0.296 e. The van der Waals surface area contributed by atoms with E-state index in [9.17, 15) is 29.8 Å². The van der Waals surface area contributed by atoms with E-state index >= 15 is 0 Å². The van der Waals surface area contributed by atoms with E-state index in [4.69, 9.17) is 14.5 Å². The predicted octanol–water partition coefficient (Wildman–Crippen LogP) is 0.124. The second-order valence-corrected chi connectivity index (χ2v) is 8.81. The van der Waals surface area contributed by atoms with Gasteiger partial charge in [0.1, 0.15) is 9.80 Å². The van der Waals surface area contributed by atoms with Crippen LogP contribution in [0.25, 0.3) is 6.08 Å². The van der Waals surface area contributed by atoms with Crippen molar-refractivity contribution in [1.29, 1.82) is 5.41 Å². The summed E-state index contributed by atoms with van der Waals surface area (Å²) in [4.78, 5) is -2.04. The van der Waals surface area contributed by atoms with Crippen LogP contribution in [0.5, 0.6) is 0 Å². The highest BCUT2D eigenvalue weighted by molar-refractivity contribution is 7.92. The second kappa shape index (κ2) is 5.19. The molecule has 1 aromatic carbocycles. The third-order valence-corrected chi connectivity index (χ3v) is 5.93. The molecule has 1 unspecified atom stereocenters. The van der Waals surface area contributed by atoms with Crippen molar-refractivity contribution in [2.75, 3.05) is 0 Å². The summed E-state index contributed by atoms with van der Waals surface area (Å²) in [5.74, 6) is 0. The minimum Gasteiger partial charge on any atom is -0.302 e. The lowest BCUT2D eigenvalue weighted by Gasteiger charge is -2.24. The van der Waals surface area contributed by atoms with Crippen LogP contribution >= 0.6 is 0 Å². The first kappa shape index (κ1) is 17.7. The summed E-state index contributed by atoms with van der Waals surface area (Å²) in [7, 11) is -15.0. The number of fused-ring (bicyclic) bond motifs is 1. The van der Waals surface area contributed by atoms with Gasteiger partial charge in [-0.05, 0) is 17.7 Å². The molecule has 0 radical (unpaired) electrons. The fourth-order valence-corrected chi connectivity index (χ4v) is 4.58. The molecule has 10 nitrogen and oxygen atoms in total. The number of rotatable bonds is 3. The minimum atomic E-state index is -5.09. The summed E-state index contributed by atoms with van der Waals surface area (Å²) in [6, 6.07) is 2.94. The fourth-order valence-electron chi connectivity index (χ4n) is 2.19. The van der Waals surface area contributed by atoms with Gasteiger partial charge in [0.15, 0.2) is 5.25 Å². The molecule has 0 fully saturated rings. The van der Waals surface area contributed by atoms with E-state index in [0.29, 0.717) is 6.08 Å². The Balaban J connectivity index is 3.01. The summed E-state index contributed by atoms with van der Waals surface area (Å²) in [6.45, 7) is 0. The van der Waals surface area contributed by atoms with Crippen LogP contribution in [-0.4, -0.2) is 44.6 Å². The van der Waals surface area contributed by atoms with E-state index < -0.39 is 62.2 Å². The van der Waals surface area contributed by atoms with Crippen LogP contribution in [0.4, 0.5) is 0 Å². The first-order valence-corrected chi connectivity index (χ1v) is 9.97. The zero-order valence-corrected chi connectivity index (χ0v) is 13.4. The highest BCUT2D eigenvalue weighted by Crippen LogP contribution is 2.38. The van der Waals surface area contributed by atoms with Gasteiger partial charge in [-0.2, -0.15) is 25.3 Å². The molecular weight excluding hydrogens is 374 g/mol. The maximum Gasteiger partial charge on any atom is 0.296 e. The molecule has 1 atom stereocenters. The van der Waals surface area contributed by atoms with Gasteiger partial charge in [-0.15, -0.1) is 0 Å². The molecule has 0 saturated carbocycles. The van der Waals surface area contributed by atoms with Crippen molar-refractivity contribution in [1.82, 2.24) is 0 Å². The number of allylic oxidation sites excluding steroid dienone is 1. The molecule has 126 valence electrons. The molecule has 4 N–H and O–H groups in total. The quantitative estimate of drug-likeness (QED) is 0.526. The van der Waals surface area contributed by atoms with Crippen LogP contribution in [-0.2, 0) is 30.4 Å². The first-order chi connectivity index (χ1) is 10.2. The van der Waals surface area contributed by atoms with Gasteiger partial charge in [0, 0.05) is 5.56 Å². The van der Waals surface area contributed by atoms with E-state index in [1.165, 1.54) is 0 Å². The molecule has 0 bridgehead atoms. The standard InChI is InChI=1S/C10H9NO9S3/c11-9-8(22(15,16)17)4-6-5(10(9)23(18,19)20)2-1-3-7(6)21(12,13)14/h1-4,10-11H,(H,12,13,14)(H,15,16,17)(H,18,19,20). The van der Waals surface area contributed by atoms with E-state index in [1.54, 1.807) is 0 Å². The molecule has 13 heteroatoms. The van der Waals surface area contributed by atoms with Crippen LogP contribution in [0.3, 0.4) is 0 Å². The molecule has 0 amide bonds. The first-order valence-electron chi connectivity index (χ1n) is 5.59. The van der Waals surface area contributed by atoms with E-state index in [1.807, 2.05) is 0 Å². The SMILES string of the molecule is N=C1C(S(=O)(=O)O)=Cc2c(cccc2S(=O)(=O)O)C1S(=O)(=O)O. The van der Waals surface area contributed by atoms with Crippen LogP contribution in [0.15, 0.2) is 28.0 Å². The maximum absolute atomic E-state index is 11.5. The highest BCUT2D eigenvalue weighted by atomic mass is 32.2. The van der Waals surface area contributed by atoms with Gasteiger partial charge in [-0.1, -0.05) is 12.1 Å². The third-order valence-electron chi connectivity index (χ3n) is 3.04.